The zero-order chi connectivity index (χ0) is 21.4. The first-order valence-electron chi connectivity index (χ1n) is 9.84. The molecular weight excluding hydrogens is 410 g/mol. The molecule has 2 heterocycles. The molecule has 0 aliphatic heterocycles. The molecule has 0 spiro atoms. The quantitative estimate of drug-likeness (QED) is 0.252. The van der Waals surface area contributed by atoms with E-state index in [2.05, 4.69) is 21.5 Å². The zero-order valence-corrected chi connectivity index (χ0v) is 17.6. The van der Waals surface area contributed by atoms with E-state index in [1.165, 1.54) is 11.3 Å². The molecule has 1 aliphatic rings. The molecule has 0 fully saturated rings. The Morgan fingerprint density at radius 2 is 2.00 bits per heavy atom. The van der Waals surface area contributed by atoms with Crippen LogP contribution in [0.15, 0.2) is 66.1 Å². The van der Waals surface area contributed by atoms with Crippen molar-refractivity contribution in [1.82, 2.24) is 4.98 Å². The third kappa shape index (κ3) is 3.43. The highest BCUT2D eigenvalue weighted by molar-refractivity contribution is 7.21. The molecule has 0 bridgehead atoms. The van der Waals surface area contributed by atoms with Crippen LogP contribution in [-0.4, -0.2) is 28.8 Å². The van der Waals surface area contributed by atoms with Crippen molar-refractivity contribution in [2.24, 2.45) is 5.16 Å². The third-order valence-corrected chi connectivity index (χ3v) is 6.63. The van der Waals surface area contributed by atoms with Gasteiger partial charge >= 0.3 is 0 Å². The summed E-state index contributed by atoms with van der Waals surface area (Å²) in [6, 6.07) is 15.0. The molecular formula is C24H19N3O3S. The topological polar surface area (TPSA) is 83.8 Å². The number of methoxy groups -OCH3 is 1. The SMILES string of the molecule is COc1ccc(C(=O)c2sc3cnccc3c2Nc2ccc3c(c2)CCC3=NO)cc1. The first-order chi connectivity index (χ1) is 15.2. The lowest BCUT2D eigenvalue weighted by Crippen LogP contribution is -2.03. The molecule has 0 atom stereocenters. The van der Waals surface area contributed by atoms with E-state index < -0.39 is 0 Å². The number of rotatable bonds is 5. The van der Waals surface area contributed by atoms with Crippen molar-refractivity contribution < 1.29 is 14.7 Å². The van der Waals surface area contributed by atoms with Crippen LogP contribution in [0.1, 0.15) is 32.8 Å². The van der Waals surface area contributed by atoms with Gasteiger partial charge in [0.25, 0.3) is 0 Å². The summed E-state index contributed by atoms with van der Waals surface area (Å²) in [6.07, 6.45) is 5.07. The molecule has 0 saturated heterocycles. The number of aromatic nitrogens is 1. The standard InChI is InChI=1S/C24H19N3O3S/c1-30-17-6-2-14(3-7-17)23(28)24-22(19-10-11-25-13-21(19)31-24)26-16-5-8-18-15(12-16)4-9-20(18)27-29/h2-3,5-8,10-13,26,29H,4,9H2,1H3. The smallest absolute Gasteiger partial charge is 0.205 e. The number of nitrogens with one attached hydrogen (secondary N) is 1. The monoisotopic (exact) mass is 429 g/mol. The summed E-state index contributed by atoms with van der Waals surface area (Å²) in [4.78, 5) is 18.2. The van der Waals surface area contributed by atoms with E-state index in [0.717, 1.165) is 45.4 Å². The number of ether oxygens (including phenoxy) is 1. The van der Waals surface area contributed by atoms with E-state index in [1.807, 2.05) is 18.2 Å². The molecule has 0 amide bonds. The Balaban J connectivity index is 1.56. The number of hydrogen-bond acceptors (Lipinski definition) is 7. The Hall–Kier alpha value is -3.71. The fraction of sp³-hybridized carbons (Fsp3) is 0.125. The summed E-state index contributed by atoms with van der Waals surface area (Å²) in [7, 11) is 1.60. The normalized spacial score (nSPS) is 14.0. The summed E-state index contributed by atoms with van der Waals surface area (Å²) < 4.78 is 6.15. The van der Waals surface area contributed by atoms with Crippen LogP contribution in [0.25, 0.3) is 10.1 Å². The van der Waals surface area contributed by atoms with Gasteiger partial charge in [-0.3, -0.25) is 9.78 Å². The number of carbonyl (C=O) groups excluding carboxylic acids is 1. The molecule has 154 valence electrons. The predicted molar refractivity (Wildman–Crippen MR) is 122 cm³/mol. The number of benzene rings is 2. The van der Waals surface area contributed by atoms with Gasteiger partial charge in [-0.1, -0.05) is 11.2 Å². The molecule has 7 heteroatoms. The van der Waals surface area contributed by atoms with Crippen molar-refractivity contribution in [2.75, 3.05) is 12.4 Å². The number of thiophene rings is 1. The number of fused-ring (bicyclic) bond motifs is 2. The van der Waals surface area contributed by atoms with Crippen LogP contribution >= 0.6 is 11.3 Å². The van der Waals surface area contributed by atoms with Gasteiger partial charge in [-0.25, -0.2) is 0 Å². The number of oxime groups is 1. The second kappa shape index (κ2) is 7.85. The van der Waals surface area contributed by atoms with E-state index in [4.69, 9.17) is 9.94 Å². The maximum absolute atomic E-state index is 13.4. The number of nitrogens with zero attached hydrogens (tertiary/aromatic N) is 2. The highest BCUT2D eigenvalue weighted by atomic mass is 32.1. The Kier molecular flexibility index (Phi) is 4.88. The number of ketones is 1. The minimum atomic E-state index is -0.0535. The van der Waals surface area contributed by atoms with E-state index >= 15 is 0 Å². The molecule has 4 aromatic rings. The second-order valence-corrected chi connectivity index (χ2v) is 8.33. The van der Waals surface area contributed by atoms with Crippen molar-refractivity contribution in [3.8, 4) is 5.75 Å². The molecule has 31 heavy (non-hydrogen) atoms. The highest BCUT2D eigenvalue weighted by Gasteiger charge is 2.22. The van der Waals surface area contributed by atoms with Gasteiger partial charge in [0, 0.05) is 34.6 Å². The van der Waals surface area contributed by atoms with Crippen LogP contribution in [0.2, 0.25) is 0 Å². The minimum Gasteiger partial charge on any atom is -0.497 e. The Morgan fingerprint density at radius 3 is 2.77 bits per heavy atom. The van der Waals surface area contributed by atoms with Crippen LogP contribution in [0.5, 0.6) is 5.75 Å². The second-order valence-electron chi connectivity index (χ2n) is 7.28. The lowest BCUT2D eigenvalue weighted by molar-refractivity contribution is 0.104. The number of aryl methyl sites for hydroxylation is 1. The predicted octanol–water partition coefficient (Wildman–Crippen LogP) is 5.40. The Bertz CT molecular complexity index is 1330. The fourth-order valence-corrected chi connectivity index (χ4v) is 4.99. The van der Waals surface area contributed by atoms with Gasteiger partial charge in [0.1, 0.15) is 5.75 Å². The van der Waals surface area contributed by atoms with E-state index in [1.54, 1.807) is 43.8 Å². The number of anilines is 2. The third-order valence-electron chi connectivity index (χ3n) is 5.49. The molecule has 0 radical (unpaired) electrons. The van der Waals surface area contributed by atoms with Crippen LogP contribution in [0, 0.1) is 0 Å². The lowest BCUT2D eigenvalue weighted by Gasteiger charge is -2.10. The summed E-state index contributed by atoms with van der Waals surface area (Å²) in [6.45, 7) is 0. The molecule has 0 saturated carbocycles. The molecule has 2 aromatic carbocycles. The Morgan fingerprint density at radius 1 is 1.16 bits per heavy atom. The molecule has 6 nitrogen and oxygen atoms in total. The van der Waals surface area contributed by atoms with Crippen molar-refractivity contribution in [3.05, 3.63) is 82.5 Å². The minimum absolute atomic E-state index is 0.0535. The van der Waals surface area contributed by atoms with Gasteiger partial charge in [-0.15, -0.1) is 11.3 Å². The van der Waals surface area contributed by atoms with Gasteiger partial charge in [-0.05, 0) is 60.9 Å². The van der Waals surface area contributed by atoms with Crippen molar-refractivity contribution in [2.45, 2.75) is 12.8 Å². The number of hydrogen-bond donors (Lipinski definition) is 2. The van der Waals surface area contributed by atoms with E-state index in [9.17, 15) is 4.79 Å². The van der Waals surface area contributed by atoms with Gasteiger partial charge in [0.05, 0.1) is 28.1 Å². The van der Waals surface area contributed by atoms with Crippen LogP contribution < -0.4 is 10.1 Å². The molecule has 2 N–H and O–H groups in total. The van der Waals surface area contributed by atoms with Crippen molar-refractivity contribution in [3.63, 3.8) is 0 Å². The van der Waals surface area contributed by atoms with Crippen LogP contribution in [-0.2, 0) is 6.42 Å². The van der Waals surface area contributed by atoms with Gasteiger partial charge in [-0.2, -0.15) is 0 Å². The first kappa shape index (κ1) is 19.3. The summed E-state index contributed by atoms with van der Waals surface area (Å²) in [5.41, 5.74) is 5.07. The lowest BCUT2D eigenvalue weighted by atomic mass is 10.1. The van der Waals surface area contributed by atoms with Gasteiger partial charge < -0.3 is 15.3 Å². The molecule has 0 unspecified atom stereocenters. The molecule has 5 rings (SSSR count). The zero-order valence-electron chi connectivity index (χ0n) is 16.8. The molecule has 2 aromatic heterocycles. The summed E-state index contributed by atoms with van der Waals surface area (Å²) >= 11 is 1.43. The molecule has 1 aliphatic carbocycles. The number of pyridine rings is 1. The maximum Gasteiger partial charge on any atom is 0.205 e. The van der Waals surface area contributed by atoms with Crippen LogP contribution in [0.3, 0.4) is 0 Å². The van der Waals surface area contributed by atoms with E-state index in [-0.39, 0.29) is 5.78 Å². The number of carbonyl (C=O) groups is 1. The van der Waals surface area contributed by atoms with Crippen LogP contribution in [0.4, 0.5) is 11.4 Å². The first-order valence-corrected chi connectivity index (χ1v) is 10.7. The van der Waals surface area contributed by atoms with Crippen molar-refractivity contribution >= 4 is 44.3 Å². The summed E-state index contributed by atoms with van der Waals surface area (Å²) in [5, 5.41) is 17.0. The maximum atomic E-state index is 13.4. The summed E-state index contributed by atoms with van der Waals surface area (Å²) in [5.74, 6) is 0.654. The average Bonchev–Trinajstić information content (AvgIpc) is 3.40. The van der Waals surface area contributed by atoms with E-state index in [0.29, 0.717) is 21.9 Å². The van der Waals surface area contributed by atoms with Gasteiger partial charge in [0.15, 0.2) is 0 Å². The van der Waals surface area contributed by atoms with Gasteiger partial charge in [0.2, 0.25) is 5.78 Å². The van der Waals surface area contributed by atoms with Crippen molar-refractivity contribution in [1.29, 1.82) is 0 Å². The largest absolute Gasteiger partial charge is 0.497 e. The highest BCUT2D eigenvalue weighted by Crippen LogP contribution is 2.39. The Labute approximate surface area is 182 Å². The fourth-order valence-electron chi connectivity index (χ4n) is 3.90. The average molecular weight is 430 g/mol.